The lowest BCUT2D eigenvalue weighted by Crippen LogP contribution is -2.16. The number of hydrogen-bond acceptors (Lipinski definition) is 5. The Balaban J connectivity index is 2.04. The Morgan fingerprint density at radius 3 is 2.94 bits per heavy atom. The average Bonchev–Trinajstić information content (AvgIpc) is 2.78. The Morgan fingerprint density at radius 1 is 1.39 bits per heavy atom. The summed E-state index contributed by atoms with van der Waals surface area (Å²) in [6.45, 7) is 1.16. The van der Waals surface area contributed by atoms with Crippen molar-refractivity contribution in [2.24, 2.45) is 5.73 Å². The number of hydrogen-bond donors (Lipinski definition) is 1. The lowest BCUT2D eigenvalue weighted by atomic mass is 10.2. The van der Waals surface area contributed by atoms with Gasteiger partial charge in [0.15, 0.2) is 0 Å². The van der Waals surface area contributed by atoms with Crippen molar-refractivity contribution in [3.63, 3.8) is 0 Å². The molecule has 2 aromatic rings. The van der Waals surface area contributed by atoms with Crippen LogP contribution in [-0.2, 0) is 13.0 Å². The first-order chi connectivity index (χ1) is 8.69. The summed E-state index contributed by atoms with van der Waals surface area (Å²) in [5.41, 5.74) is 6.52. The molecule has 0 aliphatic carbocycles. The van der Waals surface area contributed by atoms with Gasteiger partial charge in [0.1, 0.15) is 0 Å². The first-order valence-electron chi connectivity index (χ1n) is 5.67. The molecule has 1 aromatic carbocycles. The minimum atomic E-state index is 0.485. The van der Waals surface area contributed by atoms with Crippen LogP contribution in [0, 0.1) is 0 Å². The van der Waals surface area contributed by atoms with Crippen LogP contribution < -0.4 is 10.6 Å². The van der Waals surface area contributed by atoms with Crippen molar-refractivity contribution in [3.8, 4) is 0 Å². The van der Waals surface area contributed by atoms with E-state index < -0.39 is 0 Å². The van der Waals surface area contributed by atoms with Crippen LogP contribution in [0.2, 0.25) is 5.02 Å². The Kier molecular flexibility index (Phi) is 4.17. The maximum atomic E-state index is 5.94. The molecule has 1 heterocycles. The Morgan fingerprint density at radius 2 is 2.22 bits per heavy atom. The maximum absolute atomic E-state index is 5.94. The third-order valence-corrected chi connectivity index (χ3v) is 2.68. The van der Waals surface area contributed by atoms with Crippen molar-refractivity contribution in [2.45, 2.75) is 13.0 Å². The van der Waals surface area contributed by atoms with Gasteiger partial charge in [-0.15, -0.1) is 5.10 Å². The molecule has 0 saturated carbocycles. The van der Waals surface area contributed by atoms with E-state index in [4.69, 9.17) is 21.8 Å². The van der Waals surface area contributed by atoms with Gasteiger partial charge in [0.2, 0.25) is 5.89 Å². The molecule has 2 rings (SSSR count). The van der Waals surface area contributed by atoms with Crippen molar-refractivity contribution < 1.29 is 4.42 Å². The van der Waals surface area contributed by atoms with E-state index in [1.165, 1.54) is 0 Å². The second-order valence-electron chi connectivity index (χ2n) is 4.00. The van der Waals surface area contributed by atoms with Gasteiger partial charge in [-0.25, -0.2) is 0 Å². The van der Waals surface area contributed by atoms with Gasteiger partial charge in [0, 0.05) is 31.6 Å². The second kappa shape index (κ2) is 5.84. The molecule has 5 nitrogen and oxygen atoms in total. The van der Waals surface area contributed by atoms with Gasteiger partial charge in [0.25, 0.3) is 0 Å². The van der Waals surface area contributed by atoms with E-state index in [1.54, 1.807) is 0 Å². The summed E-state index contributed by atoms with van der Waals surface area (Å²) in [5, 5.41) is 8.61. The molecular weight excluding hydrogens is 252 g/mol. The van der Waals surface area contributed by atoms with Gasteiger partial charge in [0.05, 0.1) is 0 Å². The number of rotatable bonds is 5. The molecule has 0 aliphatic heterocycles. The largest absolute Gasteiger partial charge is 0.408 e. The molecule has 0 fully saturated rings. The van der Waals surface area contributed by atoms with E-state index in [1.807, 2.05) is 36.2 Å². The van der Waals surface area contributed by atoms with Crippen LogP contribution in [0.3, 0.4) is 0 Å². The molecule has 2 N–H and O–H groups in total. The molecule has 18 heavy (non-hydrogen) atoms. The van der Waals surface area contributed by atoms with Crippen LogP contribution in [0.1, 0.15) is 11.5 Å². The zero-order chi connectivity index (χ0) is 13.0. The molecule has 1 aromatic heterocycles. The van der Waals surface area contributed by atoms with Gasteiger partial charge < -0.3 is 15.1 Å². The summed E-state index contributed by atoms with van der Waals surface area (Å²) in [6, 6.07) is 8.16. The highest BCUT2D eigenvalue weighted by Crippen LogP contribution is 2.16. The van der Waals surface area contributed by atoms with Crippen LogP contribution in [0.4, 0.5) is 6.01 Å². The zero-order valence-electron chi connectivity index (χ0n) is 10.1. The molecule has 0 atom stereocenters. The average molecular weight is 267 g/mol. The van der Waals surface area contributed by atoms with E-state index in [0.29, 0.717) is 31.4 Å². The highest BCUT2D eigenvalue weighted by atomic mass is 35.5. The number of benzene rings is 1. The van der Waals surface area contributed by atoms with E-state index in [2.05, 4.69) is 10.2 Å². The van der Waals surface area contributed by atoms with Gasteiger partial charge in [-0.3, -0.25) is 0 Å². The summed E-state index contributed by atoms with van der Waals surface area (Å²) in [4.78, 5) is 1.87. The van der Waals surface area contributed by atoms with Crippen LogP contribution in [0.25, 0.3) is 0 Å². The van der Waals surface area contributed by atoms with Crippen molar-refractivity contribution in [1.29, 1.82) is 0 Å². The number of nitrogens with two attached hydrogens (primary N) is 1. The fourth-order valence-electron chi connectivity index (χ4n) is 1.60. The molecule has 0 bridgehead atoms. The summed E-state index contributed by atoms with van der Waals surface area (Å²) in [7, 11) is 1.89. The first-order valence-corrected chi connectivity index (χ1v) is 6.05. The van der Waals surface area contributed by atoms with Gasteiger partial charge in [-0.1, -0.05) is 28.8 Å². The van der Waals surface area contributed by atoms with Crippen LogP contribution >= 0.6 is 11.6 Å². The van der Waals surface area contributed by atoms with Crippen molar-refractivity contribution in [1.82, 2.24) is 10.2 Å². The topological polar surface area (TPSA) is 68.2 Å². The molecule has 0 amide bonds. The highest BCUT2D eigenvalue weighted by Gasteiger charge is 2.10. The van der Waals surface area contributed by atoms with Crippen molar-refractivity contribution in [2.75, 3.05) is 18.5 Å². The minimum absolute atomic E-state index is 0.485. The number of anilines is 1. The maximum Gasteiger partial charge on any atom is 0.318 e. The van der Waals surface area contributed by atoms with E-state index in [-0.39, 0.29) is 0 Å². The molecule has 0 radical (unpaired) electrons. The lowest BCUT2D eigenvalue weighted by molar-refractivity contribution is 0.489. The van der Waals surface area contributed by atoms with Gasteiger partial charge >= 0.3 is 6.01 Å². The second-order valence-corrected chi connectivity index (χ2v) is 4.44. The van der Waals surface area contributed by atoms with Crippen LogP contribution in [-0.4, -0.2) is 23.8 Å². The normalized spacial score (nSPS) is 10.6. The number of aromatic nitrogens is 2. The Hall–Kier alpha value is -1.59. The SMILES string of the molecule is CN(Cc1cccc(Cl)c1)c1nnc(CCN)o1. The predicted molar refractivity (Wildman–Crippen MR) is 70.6 cm³/mol. The van der Waals surface area contributed by atoms with Crippen molar-refractivity contribution >= 4 is 17.6 Å². The summed E-state index contributed by atoms with van der Waals surface area (Å²) >= 11 is 5.94. The third kappa shape index (κ3) is 3.21. The quantitative estimate of drug-likeness (QED) is 0.895. The fourth-order valence-corrected chi connectivity index (χ4v) is 1.81. The Bertz CT molecular complexity index is 514. The van der Waals surface area contributed by atoms with Gasteiger partial charge in [-0.2, -0.15) is 0 Å². The van der Waals surface area contributed by atoms with E-state index >= 15 is 0 Å². The van der Waals surface area contributed by atoms with Crippen LogP contribution in [0.15, 0.2) is 28.7 Å². The molecule has 96 valence electrons. The minimum Gasteiger partial charge on any atom is -0.408 e. The van der Waals surface area contributed by atoms with E-state index in [0.717, 1.165) is 10.6 Å². The van der Waals surface area contributed by atoms with E-state index in [9.17, 15) is 0 Å². The van der Waals surface area contributed by atoms with Crippen molar-refractivity contribution in [3.05, 3.63) is 40.7 Å². The molecule has 0 saturated heterocycles. The lowest BCUT2D eigenvalue weighted by Gasteiger charge is -2.13. The third-order valence-electron chi connectivity index (χ3n) is 2.45. The summed E-state index contributed by atoms with van der Waals surface area (Å²) in [6.07, 6.45) is 0.595. The Labute approximate surface area is 111 Å². The fraction of sp³-hybridized carbons (Fsp3) is 0.333. The number of halogens is 1. The number of nitrogens with zero attached hydrogens (tertiary/aromatic N) is 3. The van der Waals surface area contributed by atoms with Crippen LogP contribution in [0.5, 0.6) is 0 Å². The monoisotopic (exact) mass is 266 g/mol. The smallest absolute Gasteiger partial charge is 0.318 e. The summed E-state index contributed by atoms with van der Waals surface area (Å²) in [5.74, 6) is 0.561. The molecule has 6 heteroatoms. The molecule has 0 aliphatic rings. The highest BCUT2D eigenvalue weighted by molar-refractivity contribution is 6.30. The first kappa shape index (κ1) is 12.9. The molecule has 0 spiro atoms. The van der Waals surface area contributed by atoms with Gasteiger partial charge in [-0.05, 0) is 17.7 Å². The standard InChI is InChI=1S/C12H15ClN4O/c1-17(8-9-3-2-4-10(13)7-9)12-16-15-11(18-12)5-6-14/h2-4,7H,5-6,8,14H2,1H3. The summed E-state index contributed by atoms with van der Waals surface area (Å²) < 4.78 is 5.48. The predicted octanol–water partition coefficient (Wildman–Crippen LogP) is 1.86. The molecular formula is C12H15ClN4O. The zero-order valence-corrected chi connectivity index (χ0v) is 10.9. The molecule has 0 unspecified atom stereocenters.